The molecule has 2 heterocycles. The van der Waals surface area contributed by atoms with E-state index in [4.69, 9.17) is 9.15 Å². The number of benzene rings is 1. The number of anilines is 2. The van der Waals surface area contributed by atoms with E-state index in [9.17, 15) is 14.4 Å². The van der Waals surface area contributed by atoms with E-state index in [2.05, 4.69) is 5.32 Å². The van der Waals surface area contributed by atoms with Crippen LogP contribution in [0.15, 0.2) is 46.4 Å². The van der Waals surface area contributed by atoms with E-state index in [1.165, 1.54) is 6.08 Å². The summed E-state index contributed by atoms with van der Waals surface area (Å²) >= 11 is 0. The lowest BCUT2D eigenvalue weighted by Gasteiger charge is -2.26. The van der Waals surface area contributed by atoms with Gasteiger partial charge in [-0.2, -0.15) is 0 Å². The predicted octanol–water partition coefficient (Wildman–Crippen LogP) is 3.19. The van der Waals surface area contributed by atoms with Gasteiger partial charge in [0.15, 0.2) is 5.88 Å². The quantitative estimate of drug-likeness (QED) is 0.570. The molecule has 0 unspecified atom stereocenters. The lowest BCUT2D eigenvalue weighted by Crippen LogP contribution is -2.54. The van der Waals surface area contributed by atoms with Gasteiger partial charge in [-0.05, 0) is 57.2 Å². The molecule has 8 nitrogen and oxygen atoms in total. The topological polar surface area (TPSA) is 92.1 Å². The number of carbonyl (C=O) groups is 3. The van der Waals surface area contributed by atoms with Gasteiger partial charge in [-0.1, -0.05) is 0 Å². The van der Waals surface area contributed by atoms with Crippen LogP contribution in [0.25, 0.3) is 6.08 Å². The van der Waals surface area contributed by atoms with Crippen LogP contribution in [0.4, 0.5) is 16.4 Å². The highest BCUT2D eigenvalue weighted by Crippen LogP contribution is 2.26. The molecule has 0 bridgehead atoms. The largest absolute Gasteiger partial charge is 0.494 e. The van der Waals surface area contributed by atoms with Crippen molar-refractivity contribution < 1.29 is 23.5 Å². The van der Waals surface area contributed by atoms with E-state index in [0.29, 0.717) is 29.7 Å². The summed E-state index contributed by atoms with van der Waals surface area (Å²) in [5.41, 5.74) is 0.150. The smallest absolute Gasteiger partial charge is 0.335 e. The van der Waals surface area contributed by atoms with Crippen molar-refractivity contribution in [2.45, 2.75) is 20.8 Å². The molecule has 1 fully saturated rings. The number of rotatable bonds is 7. The summed E-state index contributed by atoms with van der Waals surface area (Å²) in [6, 6.07) is 9.13. The van der Waals surface area contributed by atoms with Crippen molar-refractivity contribution in [2.24, 2.45) is 0 Å². The van der Waals surface area contributed by atoms with Crippen molar-refractivity contribution in [3.8, 4) is 5.75 Å². The van der Waals surface area contributed by atoms with Gasteiger partial charge in [-0.15, -0.1) is 0 Å². The number of carbonyl (C=O) groups excluding carboxylic acids is 3. The van der Waals surface area contributed by atoms with E-state index in [-0.39, 0.29) is 5.57 Å². The monoisotopic (exact) mass is 397 g/mol. The zero-order valence-corrected chi connectivity index (χ0v) is 16.6. The molecule has 0 spiro atoms. The third kappa shape index (κ3) is 4.16. The van der Waals surface area contributed by atoms with Gasteiger partial charge in [-0.25, -0.2) is 9.69 Å². The Hall–Kier alpha value is -3.55. The van der Waals surface area contributed by atoms with E-state index < -0.39 is 17.8 Å². The normalized spacial score (nSPS) is 15.6. The van der Waals surface area contributed by atoms with Crippen LogP contribution in [-0.4, -0.2) is 37.5 Å². The van der Waals surface area contributed by atoms with Crippen LogP contribution in [0.5, 0.6) is 5.75 Å². The van der Waals surface area contributed by atoms with Crippen molar-refractivity contribution in [3.63, 3.8) is 0 Å². The van der Waals surface area contributed by atoms with E-state index in [1.54, 1.807) is 36.4 Å². The fourth-order valence-corrected chi connectivity index (χ4v) is 3.02. The molecule has 1 aliphatic heterocycles. The molecule has 0 saturated carbocycles. The molecule has 1 N–H and O–H groups in total. The molecule has 3 rings (SSSR count). The zero-order valence-electron chi connectivity index (χ0n) is 16.6. The second-order valence-corrected chi connectivity index (χ2v) is 6.23. The molecule has 1 saturated heterocycles. The third-order valence-corrected chi connectivity index (χ3v) is 4.48. The van der Waals surface area contributed by atoms with Gasteiger partial charge in [0.1, 0.15) is 17.1 Å². The zero-order chi connectivity index (χ0) is 21.0. The summed E-state index contributed by atoms with van der Waals surface area (Å²) < 4.78 is 11.1. The van der Waals surface area contributed by atoms with Crippen molar-refractivity contribution >= 4 is 35.5 Å². The predicted molar refractivity (Wildman–Crippen MR) is 109 cm³/mol. The number of nitrogens with one attached hydrogen (secondary N) is 1. The maximum atomic E-state index is 12.9. The van der Waals surface area contributed by atoms with Crippen LogP contribution >= 0.6 is 0 Å². The molecule has 0 radical (unpaired) electrons. The minimum absolute atomic E-state index is 0.182. The van der Waals surface area contributed by atoms with Gasteiger partial charge in [0.05, 0.1) is 12.3 Å². The van der Waals surface area contributed by atoms with Gasteiger partial charge >= 0.3 is 6.03 Å². The maximum absolute atomic E-state index is 12.9. The maximum Gasteiger partial charge on any atom is 0.335 e. The lowest BCUT2D eigenvalue weighted by molar-refractivity contribution is -0.122. The van der Waals surface area contributed by atoms with Crippen LogP contribution in [0.2, 0.25) is 0 Å². The molecule has 0 atom stereocenters. The molecule has 1 aromatic carbocycles. The van der Waals surface area contributed by atoms with Gasteiger partial charge in [0.2, 0.25) is 0 Å². The molecule has 1 aromatic heterocycles. The molecule has 2 aromatic rings. The average molecular weight is 397 g/mol. The highest BCUT2D eigenvalue weighted by Gasteiger charge is 2.37. The number of hydrogen-bond donors (Lipinski definition) is 1. The summed E-state index contributed by atoms with van der Waals surface area (Å²) in [6.07, 6.45) is 1.35. The number of nitrogens with zero attached hydrogens (tertiary/aromatic N) is 2. The standard InChI is InChI=1S/C21H23N3O5/c1-4-23(5-2)18-12-11-16(29-18)13-17-19(25)22-21(27)24(20(17)26)14-7-9-15(10-8-14)28-6-3/h7-13H,4-6H2,1-3H3,(H,22,25,27). The van der Waals surface area contributed by atoms with E-state index >= 15 is 0 Å². The third-order valence-electron chi connectivity index (χ3n) is 4.48. The lowest BCUT2D eigenvalue weighted by atomic mass is 10.1. The number of ether oxygens (including phenoxy) is 1. The fourth-order valence-electron chi connectivity index (χ4n) is 3.02. The molecule has 1 aliphatic rings. The molecular formula is C21H23N3O5. The van der Waals surface area contributed by atoms with Gasteiger partial charge in [0, 0.05) is 19.2 Å². The number of hydrogen-bond acceptors (Lipinski definition) is 6. The first-order valence-electron chi connectivity index (χ1n) is 9.47. The molecule has 8 heteroatoms. The Morgan fingerprint density at radius 3 is 2.34 bits per heavy atom. The van der Waals surface area contributed by atoms with Crippen molar-refractivity contribution in [1.82, 2.24) is 5.32 Å². The Bertz CT molecular complexity index is 941. The molecule has 0 aliphatic carbocycles. The minimum Gasteiger partial charge on any atom is -0.494 e. The molecule has 4 amide bonds. The highest BCUT2D eigenvalue weighted by atomic mass is 16.5. The Balaban J connectivity index is 1.89. The van der Waals surface area contributed by atoms with E-state index in [1.807, 2.05) is 25.7 Å². The van der Waals surface area contributed by atoms with Crippen LogP contribution in [0.1, 0.15) is 26.5 Å². The fraction of sp³-hybridized carbons (Fsp3) is 0.286. The Kier molecular flexibility index (Phi) is 6.01. The highest BCUT2D eigenvalue weighted by molar-refractivity contribution is 6.39. The second-order valence-electron chi connectivity index (χ2n) is 6.23. The Labute approximate surface area is 168 Å². The summed E-state index contributed by atoms with van der Waals surface area (Å²) in [4.78, 5) is 40.4. The first-order chi connectivity index (χ1) is 14.0. The van der Waals surface area contributed by atoms with Crippen LogP contribution < -0.4 is 19.9 Å². The first-order valence-corrected chi connectivity index (χ1v) is 9.47. The van der Waals surface area contributed by atoms with Crippen molar-refractivity contribution in [1.29, 1.82) is 0 Å². The van der Waals surface area contributed by atoms with Crippen LogP contribution in [-0.2, 0) is 9.59 Å². The van der Waals surface area contributed by atoms with Crippen LogP contribution in [0, 0.1) is 0 Å². The number of urea groups is 1. The van der Waals surface area contributed by atoms with Gasteiger partial charge in [-0.3, -0.25) is 14.9 Å². The van der Waals surface area contributed by atoms with Gasteiger partial charge in [0.25, 0.3) is 11.8 Å². The number of imide groups is 2. The SMILES string of the molecule is CCOc1ccc(N2C(=O)NC(=O)C(=Cc3ccc(N(CC)CC)o3)C2=O)cc1. The summed E-state index contributed by atoms with van der Waals surface area (Å²) in [5.74, 6) is 0.135. The number of barbiturate groups is 1. The van der Waals surface area contributed by atoms with E-state index in [0.717, 1.165) is 18.0 Å². The summed E-state index contributed by atoms with van der Waals surface area (Å²) in [6.45, 7) is 7.89. The molecule has 152 valence electrons. The van der Waals surface area contributed by atoms with Crippen molar-refractivity contribution in [3.05, 3.63) is 47.7 Å². The summed E-state index contributed by atoms with van der Waals surface area (Å²) in [7, 11) is 0. The Morgan fingerprint density at radius 2 is 1.72 bits per heavy atom. The first kappa shape index (κ1) is 20.2. The van der Waals surface area contributed by atoms with Gasteiger partial charge < -0.3 is 14.1 Å². The van der Waals surface area contributed by atoms with Crippen LogP contribution in [0.3, 0.4) is 0 Å². The minimum atomic E-state index is -0.801. The van der Waals surface area contributed by atoms with Crippen molar-refractivity contribution in [2.75, 3.05) is 29.5 Å². The Morgan fingerprint density at radius 1 is 1.03 bits per heavy atom. The number of amides is 4. The second kappa shape index (κ2) is 8.64. The number of furan rings is 1. The summed E-state index contributed by atoms with van der Waals surface area (Å²) in [5, 5.41) is 2.20. The average Bonchev–Trinajstić information content (AvgIpc) is 3.16. The molecular weight excluding hydrogens is 374 g/mol. The molecule has 29 heavy (non-hydrogen) atoms.